The number of hydrogen-bond donors (Lipinski definition) is 0. The monoisotopic (exact) mass is 417 g/mol. The first-order chi connectivity index (χ1) is 14.3. The quantitative estimate of drug-likeness (QED) is 0.609. The van der Waals surface area contributed by atoms with Crippen molar-refractivity contribution in [3.05, 3.63) is 29.8 Å². The van der Waals surface area contributed by atoms with Crippen molar-refractivity contribution in [2.24, 2.45) is 0 Å². The van der Waals surface area contributed by atoms with Gasteiger partial charge in [-0.05, 0) is 57.7 Å². The summed E-state index contributed by atoms with van der Waals surface area (Å²) in [5.74, 6) is 0.780. The van der Waals surface area contributed by atoms with Gasteiger partial charge in [0.05, 0.1) is 13.7 Å². The minimum atomic E-state index is -0.725. The lowest BCUT2D eigenvalue weighted by atomic mass is 9.85. The molecule has 2 saturated heterocycles. The fraction of sp³-hybridized carbons (Fsp3) is 0.652. The summed E-state index contributed by atoms with van der Waals surface area (Å²) in [7, 11) is 3.36. The number of rotatable bonds is 8. The zero-order valence-electron chi connectivity index (χ0n) is 18.9. The molecule has 0 radical (unpaired) electrons. The Morgan fingerprint density at radius 1 is 1.03 bits per heavy atom. The van der Waals surface area contributed by atoms with Crippen LogP contribution in [-0.2, 0) is 16.0 Å². The van der Waals surface area contributed by atoms with Gasteiger partial charge in [-0.2, -0.15) is 0 Å². The van der Waals surface area contributed by atoms with E-state index in [9.17, 15) is 9.59 Å². The van der Waals surface area contributed by atoms with Crippen molar-refractivity contribution < 1.29 is 19.1 Å². The van der Waals surface area contributed by atoms with Gasteiger partial charge in [0.15, 0.2) is 0 Å². The van der Waals surface area contributed by atoms with Crippen molar-refractivity contribution >= 4 is 11.9 Å². The van der Waals surface area contributed by atoms with Crippen LogP contribution < -0.4 is 4.74 Å². The number of hydrogen-bond acceptors (Lipinski definition) is 5. The number of nitrogens with zero attached hydrogens (tertiary/aromatic N) is 3. The largest absolute Gasteiger partial charge is 0.497 e. The lowest BCUT2D eigenvalue weighted by Gasteiger charge is -2.44. The first-order valence-electron chi connectivity index (χ1n) is 10.8. The molecule has 7 nitrogen and oxygen atoms in total. The first-order valence-corrected chi connectivity index (χ1v) is 10.8. The third-order valence-electron chi connectivity index (χ3n) is 6.53. The summed E-state index contributed by atoms with van der Waals surface area (Å²) >= 11 is 0. The molecule has 2 aliphatic rings. The molecule has 30 heavy (non-hydrogen) atoms. The first kappa shape index (κ1) is 22.6. The van der Waals surface area contributed by atoms with Crippen molar-refractivity contribution in [2.45, 2.75) is 57.7 Å². The molecule has 166 valence electrons. The maximum atomic E-state index is 13.4. The summed E-state index contributed by atoms with van der Waals surface area (Å²) in [6.45, 7) is 8.74. The molecule has 3 rings (SSSR count). The van der Waals surface area contributed by atoms with Crippen LogP contribution in [0.3, 0.4) is 0 Å². The van der Waals surface area contributed by atoms with Gasteiger partial charge in [-0.3, -0.25) is 14.6 Å². The Bertz CT molecular complexity index is 741. The summed E-state index contributed by atoms with van der Waals surface area (Å²) in [4.78, 5) is 32.4. The fourth-order valence-electron chi connectivity index (χ4n) is 4.70. The van der Waals surface area contributed by atoms with E-state index in [2.05, 4.69) is 11.8 Å². The number of urea groups is 1. The Morgan fingerprint density at radius 3 is 2.20 bits per heavy atom. The number of amides is 3. The molecule has 0 bridgehead atoms. The molecule has 0 aliphatic carbocycles. The molecule has 0 saturated carbocycles. The molecule has 2 heterocycles. The smallest absolute Gasteiger partial charge is 0.327 e. The second-order valence-electron chi connectivity index (χ2n) is 8.67. The predicted octanol–water partition coefficient (Wildman–Crippen LogP) is 2.78. The third kappa shape index (κ3) is 4.18. The Hall–Kier alpha value is -2.12. The highest BCUT2D eigenvalue weighted by molar-refractivity contribution is 6.07. The van der Waals surface area contributed by atoms with Crippen LogP contribution in [0.2, 0.25) is 0 Å². The Labute approximate surface area is 179 Å². The molecule has 1 aromatic rings. The summed E-state index contributed by atoms with van der Waals surface area (Å²) in [5, 5.41) is 0. The number of carbonyl (C=O) groups excluding carboxylic acids is 2. The van der Waals surface area contributed by atoms with Crippen LogP contribution in [0.1, 0.15) is 39.2 Å². The zero-order chi connectivity index (χ0) is 21.9. The molecule has 0 N–H and O–H groups in total. The van der Waals surface area contributed by atoms with E-state index in [1.165, 1.54) is 4.90 Å². The number of methoxy groups -OCH3 is 2. The zero-order valence-corrected chi connectivity index (χ0v) is 18.9. The van der Waals surface area contributed by atoms with E-state index in [4.69, 9.17) is 9.47 Å². The van der Waals surface area contributed by atoms with Crippen molar-refractivity contribution in [3.8, 4) is 5.75 Å². The molecular weight excluding hydrogens is 382 g/mol. The molecule has 3 amide bonds. The van der Waals surface area contributed by atoms with E-state index in [0.29, 0.717) is 38.5 Å². The third-order valence-corrected chi connectivity index (χ3v) is 6.53. The van der Waals surface area contributed by atoms with Gasteiger partial charge in [0.2, 0.25) is 0 Å². The molecule has 2 fully saturated rings. The second kappa shape index (κ2) is 9.35. The van der Waals surface area contributed by atoms with Crippen LogP contribution in [0.5, 0.6) is 5.75 Å². The Morgan fingerprint density at radius 2 is 1.67 bits per heavy atom. The van der Waals surface area contributed by atoms with Crippen LogP contribution in [0.4, 0.5) is 4.79 Å². The molecule has 7 heteroatoms. The minimum absolute atomic E-state index is 0.0312. The molecule has 0 aromatic heterocycles. The maximum absolute atomic E-state index is 13.4. The lowest BCUT2D eigenvalue weighted by molar-refractivity contribution is -0.137. The fourth-order valence-corrected chi connectivity index (χ4v) is 4.70. The molecule has 0 unspecified atom stereocenters. The Kier molecular flexibility index (Phi) is 7.03. The summed E-state index contributed by atoms with van der Waals surface area (Å²) in [6, 6.07) is 7.90. The summed E-state index contributed by atoms with van der Waals surface area (Å²) in [5.41, 5.74) is 0.400. The van der Waals surface area contributed by atoms with E-state index in [0.717, 1.165) is 24.4 Å². The highest BCUT2D eigenvalue weighted by atomic mass is 16.5. The van der Waals surface area contributed by atoms with E-state index < -0.39 is 5.54 Å². The molecule has 1 aromatic carbocycles. The number of imide groups is 1. The van der Waals surface area contributed by atoms with Crippen LogP contribution in [0, 0.1) is 0 Å². The second-order valence-corrected chi connectivity index (χ2v) is 8.67. The van der Waals surface area contributed by atoms with Crippen molar-refractivity contribution in [3.63, 3.8) is 0 Å². The van der Waals surface area contributed by atoms with Crippen molar-refractivity contribution in [1.82, 2.24) is 14.7 Å². The number of benzene rings is 1. The molecule has 1 spiro atoms. The highest BCUT2D eigenvalue weighted by Gasteiger charge is 2.58. The molecule has 1 atom stereocenters. The lowest BCUT2D eigenvalue weighted by Crippen LogP contribution is -2.58. The van der Waals surface area contributed by atoms with Crippen molar-refractivity contribution in [1.29, 1.82) is 0 Å². The van der Waals surface area contributed by atoms with Crippen LogP contribution in [0.25, 0.3) is 0 Å². The van der Waals surface area contributed by atoms with E-state index in [-0.39, 0.29) is 18.0 Å². The van der Waals surface area contributed by atoms with Crippen molar-refractivity contribution in [2.75, 3.05) is 40.5 Å². The van der Waals surface area contributed by atoms with E-state index in [1.807, 2.05) is 43.0 Å². The number of piperidine rings is 1. The molecular formula is C23H35N3O4. The molecule has 2 aliphatic heterocycles. The van der Waals surface area contributed by atoms with E-state index in [1.54, 1.807) is 14.2 Å². The normalized spacial score (nSPS) is 20.5. The van der Waals surface area contributed by atoms with Crippen LogP contribution in [0.15, 0.2) is 24.3 Å². The number of ether oxygens (including phenoxy) is 2. The Balaban J connectivity index is 1.78. The predicted molar refractivity (Wildman–Crippen MR) is 116 cm³/mol. The number of carbonyl (C=O) groups is 2. The summed E-state index contributed by atoms with van der Waals surface area (Å²) in [6.07, 6.45) is 2.04. The average Bonchev–Trinajstić information content (AvgIpc) is 2.93. The van der Waals surface area contributed by atoms with Gasteiger partial charge in [-0.1, -0.05) is 12.1 Å². The summed E-state index contributed by atoms with van der Waals surface area (Å²) < 4.78 is 10.5. The maximum Gasteiger partial charge on any atom is 0.327 e. The van der Waals surface area contributed by atoms with Crippen LogP contribution >= 0.6 is 0 Å². The van der Waals surface area contributed by atoms with E-state index >= 15 is 0 Å². The van der Waals surface area contributed by atoms with Crippen LogP contribution in [-0.4, -0.2) is 84.7 Å². The SMILES string of the molecule is COC[C@@H](C)N1CCC2(CC1)C(=O)N(C(C)C)C(=O)N2CCc1ccc(OC)cc1. The standard InChI is InChI=1S/C23H35N3O4/c1-17(2)26-21(27)23(11-14-24(15-12-23)18(3)16-29-4)25(22(26)28)13-10-19-6-8-20(30-5)9-7-19/h6-9,17-18H,10-16H2,1-5H3/t18-/m1/s1. The van der Waals surface area contributed by atoms with Gasteiger partial charge < -0.3 is 14.4 Å². The van der Waals surface area contributed by atoms with Gasteiger partial charge in [-0.25, -0.2) is 4.79 Å². The number of likely N-dealkylation sites (tertiary alicyclic amines) is 1. The van der Waals surface area contributed by atoms with Gasteiger partial charge in [-0.15, -0.1) is 0 Å². The van der Waals surface area contributed by atoms with Gasteiger partial charge >= 0.3 is 6.03 Å². The average molecular weight is 418 g/mol. The van der Waals surface area contributed by atoms with Gasteiger partial charge in [0.1, 0.15) is 11.3 Å². The van der Waals surface area contributed by atoms with Gasteiger partial charge in [0.25, 0.3) is 5.91 Å². The minimum Gasteiger partial charge on any atom is -0.497 e. The van der Waals surface area contributed by atoms with Gasteiger partial charge in [0, 0.05) is 38.8 Å². The topological polar surface area (TPSA) is 62.3 Å². The highest BCUT2D eigenvalue weighted by Crippen LogP contribution is 2.38.